The molecular formula is C19H36ClNO2. The minimum absolute atomic E-state index is 0.0203. The molecule has 0 aromatic rings. The van der Waals surface area contributed by atoms with Crippen LogP contribution in [0.1, 0.15) is 73.6 Å². The Bertz CT molecular complexity index is 379. The van der Waals surface area contributed by atoms with Gasteiger partial charge in [0.05, 0.1) is 12.7 Å². The van der Waals surface area contributed by atoms with E-state index in [9.17, 15) is 0 Å². The molecule has 0 aromatic heterocycles. The second kappa shape index (κ2) is 7.19. The maximum absolute atomic E-state index is 6.67. The first kappa shape index (κ1) is 19.5. The number of halogens is 1. The fourth-order valence-electron chi connectivity index (χ4n) is 5.00. The van der Waals surface area contributed by atoms with E-state index in [1.54, 1.807) is 0 Å². The summed E-state index contributed by atoms with van der Waals surface area (Å²) in [5, 5.41) is 0. The zero-order chi connectivity index (χ0) is 17.3. The molecule has 0 amide bonds. The molecule has 2 aliphatic heterocycles. The number of ether oxygens (including phenoxy) is 2. The molecule has 3 nitrogen and oxygen atoms in total. The van der Waals surface area contributed by atoms with Gasteiger partial charge in [-0.25, -0.2) is 0 Å². The van der Waals surface area contributed by atoms with E-state index in [1.165, 1.54) is 6.42 Å². The minimum atomic E-state index is -0.429. The van der Waals surface area contributed by atoms with E-state index in [1.807, 2.05) is 0 Å². The molecule has 2 saturated heterocycles. The van der Waals surface area contributed by atoms with E-state index in [0.29, 0.717) is 17.9 Å². The number of nitrogens with zero attached hydrogens (tertiary/aromatic N) is 1. The summed E-state index contributed by atoms with van der Waals surface area (Å²) >= 11 is 6.06. The summed E-state index contributed by atoms with van der Waals surface area (Å²) < 4.78 is 13.1. The Labute approximate surface area is 148 Å². The van der Waals surface area contributed by atoms with Crippen molar-refractivity contribution < 1.29 is 9.47 Å². The fourth-order valence-corrected chi connectivity index (χ4v) is 5.17. The van der Waals surface area contributed by atoms with Crippen molar-refractivity contribution in [2.45, 2.75) is 96.6 Å². The van der Waals surface area contributed by atoms with Crippen LogP contribution >= 0.6 is 11.6 Å². The summed E-state index contributed by atoms with van der Waals surface area (Å²) in [5.41, 5.74) is 0.0406. The molecule has 2 atom stereocenters. The highest BCUT2D eigenvalue weighted by Crippen LogP contribution is 2.48. The minimum Gasteiger partial charge on any atom is -0.349 e. The van der Waals surface area contributed by atoms with Crippen LogP contribution in [0.3, 0.4) is 0 Å². The smallest absolute Gasteiger partial charge is 0.172 e. The zero-order valence-corrected chi connectivity index (χ0v) is 16.7. The van der Waals surface area contributed by atoms with Gasteiger partial charge < -0.3 is 9.47 Å². The van der Waals surface area contributed by atoms with Gasteiger partial charge in [-0.2, -0.15) is 0 Å². The Morgan fingerprint density at radius 3 is 2.17 bits per heavy atom. The summed E-state index contributed by atoms with van der Waals surface area (Å²) in [6.07, 6.45) is 5.60. The molecule has 0 saturated carbocycles. The highest BCUT2D eigenvalue weighted by atomic mass is 35.5. The summed E-state index contributed by atoms with van der Waals surface area (Å²) in [6, 6.07) is 0. The van der Waals surface area contributed by atoms with Crippen LogP contribution < -0.4 is 0 Å². The van der Waals surface area contributed by atoms with E-state index >= 15 is 0 Å². The molecule has 1 spiro atoms. The first-order valence-corrected chi connectivity index (χ1v) is 9.88. The third kappa shape index (κ3) is 4.05. The molecule has 2 aliphatic rings. The van der Waals surface area contributed by atoms with Crippen molar-refractivity contribution in [3.63, 3.8) is 0 Å². The number of likely N-dealkylation sites (tertiary alicyclic amines) is 1. The summed E-state index contributed by atoms with van der Waals surface area (Å²) in [4.78, 5) is 2.53. The van der Waals surface area contributed by atoms with Crippen LogP contribution in [-0.4, -0.2) is 46.9 Å². The Morgan fingerprint density at radius 2 is 1.70 bits per heavy atom. The van der Waals surface area contributed by atoms with Gasteiger partial charge in [-0.3, -0.25) is 4.90 Å². The lowest BCUT2D eigenvalue weighted by Crippen LogP contribution is -2.68. The van der Waals surface area contributed by atoms with Gasteiger partial charge in [-0.15, -0.1) is 11.6 Å². The van der Waals surface area contributed by atoms with Gasteiger partial charge in [0.1, 0.15) is 0 Å². The average Bonchev–Trinajstić information content (AvgIpc) is 2.42. The van der Waals surface area contributed by atoms with Gasteiger partial charge in [0.2, 0.25) is 0 Å². The highest BCUT2D eigenvalue weighted by molar-refractivity contribution is 6.18. The summed E-state index contributed by atoms with van der Waals surface area (Å²) in [5.74, 6) is 0.770. The summed E-state index contributed by atoms with van der Waals surface area (Å²) in [6.45, 7) is 15.4. The van der Waals surface area contributed by atoms with Crippen LogP contribution in [0.4, 0.5) is 0 Å². The monoisotopic (exact) mass is 345 g/mol. The molecule has 0 bridgehead atoms. The molecule has 2 fully saturated rings. The quantitative estimate of drug-likeness (QED) is 0.667. The van der Waals surface area contributed by atoms with Crippen LogP contribution in [0.25, 0.3) is 0 Å². The van der Waals surface area contributed by atoms with Crippen molar-refractivity contribution in [2.75, 3.05) is 19.0 Å². The lowest BCUT2D eigenvalue weighted by atomic mass is 9.75. The largest absolute Gasteiger partial charge is 0.349 e. The number of hydrogen-bond donors (Lipinski definition) is 0. The molecule has 2 heterocycles. The van der Waals surface area contributed by atoms with Gasteiger partial charge in [0.25, 0.3) is 0 Å². The molecule has 4 heteroatoms. The second-order valence-electron chi connectivity index (χ2n) is 8.65. The fraction of sp³-hybridized carbons (Fsp3) is 1.00. The SMILES string of the molecule is CCCC1OC2(CC(C)(C)N(CCCl)C(C)(C)C2)OCC1CC. The van der Waals surface area contributed by atoms with Crippen LogP contribution in [0.5, 0.6) is 0 Å². The molecule has 2 rings (SSSR count). The molecule has 0 radical (unpaired) electrons. The molecular weight excluding hydrogens is 310 g/mol. The van der Waals surface area contributed by atoms with Gasteiger partial charge in [0.15, 0.2) is 5.79 Å². The second-order valence-corrected chi connectivity index (χ2v) is 9.03. The van der Waals surface area contributed by atoms with Crippen LogP contribution in [-0.2, 0) is 9.47 Å². The van der Waals surface area contributed by atoms with Crippen LogP contribution in [0.2, 0.25) is 0 Å². The first-order valence-electron chi connectivity index (χ1n) is 9.35. The normalized spacial score (nSPS) is 33.0. The molecule has 136 valence electrons. The standard InChI is InChI=1S/C19H36ClNO2/c1-7-9-16-15(8-2)12-22-19(23-16)13-17(3,4)21(11-10-20)18(5,6)14-19/h15-16H,7-14H2,1-6H3. The van der Waals surface area contributed by atoms with Crippen LogP contribution in [0.15, 0.2) is 0 Å². The Balaban J connectivity index is 2.23. The van der Waals surface area contributed by atoms with E-state index in [-0.39, 0.29) is 11.1 Å². The number of hydrogen-bond acceptors (Lipinski definition) is 3. The number of alkyl halides is 1. The van der Waals surface area contributed by atoms with Gasteiger partial charge in [-0.1, -0.05) is 20.3 Å². The van der Waals surface area contributed by atoms with Crippen molar-refractivity contribution in [1.29, 1.82) is 0 Å². The van der Waals surface area contributed by atoms with Crippen molar-refractivity contribution in [2.24, 2.45) is 5.92 Å². The number of piperidine rings is 1. The number of rotatable bonds is 5. The van der Waals surface area contributed by atoms with E-state index in [2.05, 4.69) is 46.4 Å². The van der Waals surface area contributed by atoms with Crippen molar-refractivity contribution in [1.82, 2.24) is 4.90 Å². The van der Waals surface area contributed by atoms with E-state index in [4.69, 9.17) is 21.1 Å². The van der Waals surface area contributed by atoms with Crippen molar-refractivity contribution in [3.05, 3.63) is 0 Å². The maximum atomic E-state index is 6.67. The Hall–Kier alpha value is 0.170. The van der Waals surface area contributed by atoms with E-state index in [0.717, 1.165) is 38.8 Å². The van der Waals surface area contributed by atoms with Gasteiger partial charge in [-0.05, 0) is 40.5 Å². The van der Waals surface area contributed by atoms with E-state index < -0.39 is 5.79 Å². The first-order chi connectivity index (χ1) is 10.7. The molecule has 23 heavy (non-hydrogen) atoms. The average molecular weight is 346 g/mol. The maximum Gasteiger partial charge on any atom is 0.172 e. The van der Waals surface area contributed by atoms with Crippen molar-refractivity contribution in [3.8, 4) is 0 Å². The molecule has 0 aliphatic carbocycles. The topological polar surface area (TPSA) is 21.7 Å². The van der Waals surface area contributed by atoms with Crippen LogP contribution in [0, 0.1) is 5.92 Å². The Morgan fingerprint density at radius 1 is 1.09 bits per heavy atom. The zero-order valence-electron chi connectivity index (χ0n) is 16.0. The molecule has 0 aromatic carbocycles. The molecule has 2 unspecified atom stereocenters. The summed E-state index contributed by atoms with van der Waals surface area (Å²) in [7, 11) is 0. The molecule has 0 N–H and O–H groups in total. The van der Waals surface area contributed by atoms with Crippen molar-refractivity contribution >= 4 is 11.6 Å². The predicted molar refractivity (Wildman–Crippen MR) is 97.1 cm³/mol. The lowest BCUT2D eigenvalue weighted by molar-refractivity contribution is -0.349. The van der Waals surface area contributed by atoms with Gasteiger partial charge >= 0.3 is 0 Å². The van der Waals surface area contributed by atoms with Gasteiger partial charge in [0, 0.05) is 42.3 Å². The predicted octanol–water partition coefficient (Wildman–Crippen LogP) is 4.82. The lowest BCUT2D eigenvalue weighted by Gasteiger charge is -2.60. The Kier molecular flexibility index (Phi) is 6.10. The third-order valence-electron chi connectivity index (χ3n) is 5.72. The highest BCUT2D eigenvalue weighted by Gasteiger charge is 2.56. The third-order valence-corrected chi connectivity index (χ3v) is 5.89.